The third-order valence-electron chi connectivity index (χ3n) is 6.10. The van der Waals surface area contributed by atoms with E-state index < -0.39 is 0 Å². The van der Waals surface area contributed by atoms with Crippen LogP contribution in [0.5, 0.6) is 0 Å². The van der Waals surface area contributed by atoms with Crippen LogP contribution in [0.4, 0.5) is 14.9 Å². The van der Waals surface area contributed by atoms with Crippen molar-refractivity contribution in [2.75, 3.05) is 25.0 Å². The molecule has 3 amide bonds. The Labute approximate surface area is 176 Å². The highest BCUT2D eigenvalue weighted by molar-refractivity contribution is 5.89. The number of piperidine rings is 1. The predicted molar refractivity (Wildman–Crippen MR) is 115 cm³/mol. The summed E-state index contributed by atoms with van der Waals surface area (Å²) in [6, 6.07) is 14.2. The highest BCUT2D eigenvalue weighted by atomic mass is 19.1. The van der Waals surface area contributed by atoms with Crippen LogP contribution in [0.25, 0.3) is 0 Å². The number of hydrogen-bond acceptors (Lipinski definition) is 2. The lowest BCUT2D eigenvalue weighted by Crippen LogP contribution is -2.45. The Morgan fingerprint density at radius 1 is 1.13 bits per heavy atom. The fourth-order valence-electron chi connectivity index (χ4n) is 4.30. The number of nitrogens with one attached hydrogen (secondary N) is 2. The van der Waals surface area contributed by atoms with Crippen LogP contribution in [0.1, 0.15) is 36.3 Å². The molecule has 0 bridgehead atoms. The lowest BCUT2D eigenvalue weighted by atomic mass is 9.97. The zero-order valence-electron chi connectivity index (χ0n) is 17.2. The highest BCUT2D eigenvalue weighted by Gasteiger charge is 2.47. The van der Waals surface area contributed by atoms with E-state index in [1.807, 2.05) is 42.2 Å². The molecule has 30 heavy (non-hydrogen) atoms. The molecule has 1 aliphatic heterocycles. The van der Waals surface area contributed by atoms with Crippen LogP contribution in [0.2, 0.25) is 0 Å². The molecule has 2 aromatic rings. The quantitative estimate of drug-likeness (QED) is 0.774. The van der Waals surface area contributed by atoms with Gasteiger partial charge in [0.1, 0.15) is 5.82 Å². The van der Waals surface area contributed by atoms with E-state index in [1.54, 1.807) is 12.1 Å². The molecule has 4 rings (SSSR count). The number of amides is 3. The minimum atomic E-state index is -0.232. The van der Waals surface area contributed by atoms with Crippen molar-refractivity contribution in [2.45, 2.75) is 32.1 Å². The van der Waals surface area contributed by atoms with Gasteiger partial charge < -0.3 is 15.5 Å². The molecule has 158 valence electrons. The minimum Gasteiger partial charge on any atom is -0.342 e. The van der Waals surface area contributed by atoms with E-state index in [4.69, 9.17) is 0 Å². The minimum absolute atomic E-state index is 0.00233. The first kappa shape index (κ1) is 20.4. The van der Waals surface area contributed by atoms with Crippen molar-refractivity contribution < 1.29 is 14.0 Å². The van der Waals surface area contributed by atoms with Gasteiger partial charge in [0.25, 0.3) is 0 Å². The molecule has 0 aromatic heterocycles. The number of urea groups is 1. The molecule has 0 radical (unpaired) electrons. The monoisotopic (exact) mass is 409 g/mol. The SMILES string of the molecule is Cc1ccc(NC(=O)NCC2CCCN(C(=O)C3CC3c3ccccc3F)C2)cc1. The van der Waals surface area contributed by atoms with E-state index in [0.717, 1.165) is 37.1 Å². The molecule has 0 spiro atoms. The van der Waals surface area contributed by atoms with E-state index in [9.17, 15) is 14.0 Å². The molecule has 6 heteroatoms. The second-order valence-electron chi connectivity index (χ2n) is 8.46. The van der Waals surface area contributed by atoms with Gasteiger partial charge in [-0.1, -0.05) is 35.9 Å². The summed E-state index contributed by atoms with van der Waals surface area (Å²) in [7, 11) is 0. The normalized spacial score (nSPS) is 23.0. The lowest BCUT2D eigenvalue weighted by Gasteiger charge is -2.33. The van der Waals surface area contributed by atoms with E-state index >= 15 is 0 Å². The fraction of sp³-hybridized carbons (Fsp3) is 0.417. The van der Waals surface area contributed by atoms with Gasteiger partial charge in [-0.25, -0.2) is 9.18 Å². The second kappa shape index (κ2) is 8.86. The van der Waals surface area contributed by atoms with Crippen molar-refractivity contribution >= 4 is 17.6 Å². The Morgan fingerprint density at radius 3 is 2.67 bits per heavy atom. The lowest BCUT2D eigenvalue weighted by molar-refractivity contribution is -0.134. The number of carbonyl (C=O) groups excluding carboxylic acids is 2. The van der Waals surface area contributed by atoms with Crippen molar-refractivity contribution in [1.29, 1.82) is 0 Å². The van der Waals surface area contributed by atoms with Gasteiger partial charge in [-0.15, -0.1) is 0 Å². The maximum atomic E-state index is 14.0. The van der Waals surface area contributed by atoms with Crippen LogP contribution in [0.3, 0.4) is 0 Å². The molecule has 2 N–H and O–H groups in total. The summed E-state index contributed by atoms with van der Waals surface area (Å²) in [6.07, 6.45) is 2.63. The van der Waals surface area contributed by atoms with Crippen molar-refractivity contribution in [3.63, 3.8) is 0 Å². The summed E-state index contributed by atoms with van der Waals surface area (Å²) in [5.41, 5.74) is 2.55. The van der Waals surface area contributed by atoms with Crippen molar-refractivity contribution in [3.05, 3.63) is 65.5 Å². The molecule has 1 heterocycles. The molecule has 3 unspecified atom stereocenters. The average Bonchev–Trinajstić information content (AvgIpc) is 3.54. The number of nitrogens with zero attached hydrogens (tertiary/aromatic N) is 1. The summed E-state index contributed by atoms with van der Waals surface area (Å²) in [4.78, 5) is 27.0. The van der Waals surface area contributed by atoms with Crippen LogP contribution in [-0.2, 0) is 4.79 Å². The van der Waals surface area contributed by atoms with Gasteiger partial charge in [-0.2, -0.15) is 0 Å². The molecule has 1 saturated carbocycles. The van der Waals surface area contributed by atoms with E-state index in [1.165, 1.54) is 6.07 Å². The summed E-state index contributed by atoms with van der Waals surface area (Å²) in [5, 5.41) is 5.76. The van der Waals surface area contributed by atoms with Gasteiger partial charge in [0, 0.05) is 31.2 Å². The second-order valence-corrected chi connectivity index (χ2v) is 8.46. The summed E-state index contributed by atoms with van der Waals surface area (Å²) in [5.74, 6) is 0.0169. The Balaban J connectivity index is 1.25. The van der Waals surface area contributed by atoms with Crippen LogP contribution < -0.4 is 10.6 Å². The van der Waals surface area contributed by atoms with Gasteiger partial charge in [-0.05, 0) is 61.8 Å². The Kier molecular flexibility index (Phi) is 6.02. The van der Waals surface area contributed by atoms with E-state index in [-0.39, 0.29) is 35.5 Å². The smallest absolute Gasteiger partial charge is 0.319 e. The van der Waals surface area contributed by atoms with Crippen LogP contribution in [-0.4, -0.2) is 36.5 Å². The van der Waals surface area contributed by atoms with Crippen molar-refractivity contribution in [1.82, 2.24) is 10.2 Å². The van der Waals surface area contributed by atoms with Gasteiger partial charge in [-0.3, -0.25) is 4.79 Å². The Morgan fingerprint density at radius 2 is 1.90 bits per heavy atom. The first-order valence-corrected chi connectivity index (χ1v) is 10.7. The van der Waals surface area contributed by atoms with E-state index in [0.29, 0.717) is 18.7 Å². The molecular formula is C24H28FN3O2. The van der Waals surface area contributed by atoms with Crippen molar-refractivity contribution in [3.8, 4) is 0 Å². The Hall–Kier alpha value is -2.89. The molecular weight excluding hydrogens is 381 g/mol. The molecule has 2 aliphatic rings. The number of aryl methyl sites for hydroxylation is 1. The van der Waals surface area contributed by atoms with Crippen LogP contribution in [0, 0.1) is 24.6 Å². The molecule has 1 aliphatic carbocycles. The Bertz CT molecular complexity index is 915. The molecule has 2 aromatic carbocycles. The zero-order chi connectivity index (χ0) is 21.1. The topological polar surface area (TPSA) is 61.4 Å². The molecule has 2 fully saturated rings. The number of benzene rings is 2. The first-order chi connectivity index (χ1) is 14.5. The number of halogens is 1. The summed E-state index contributed by atoms with van der Waals surface area (Å²) < 4.78 is 14.0. The number of carbonyl (C=O) groups is 2. The standard InChI is InChI=1S/C24H28FN3O2/c1-16-8-10-18(11-9-16)27-24(30)26-14-17-5-4-12-28(15-17)23(29)21-13-20(21)19-6-2-3-7-22(19)25/h2-3,6-11,17,20-21H,4-5,12-15H2,1H3,(H2,26,27,30). The largest absolute Gasteiger partial charge is 0.342 e. The van der Waals surface area contributed by atoms with Gasteiger partial charge in [0.2, 0.25) is 5.91 Å². The van der Waals surface area contributed by atoms with Crippen LogP contribution >= 0.6 is 0 Å². The first-order valence-electron chi connectivity index (χ1n) is 10.7. The molecule has 3 atom stereocenters. The zero-order valence-corrected chi connectivity index (χ0v) is 17.2. The fourth-order valence-corrected chi connectivity index (χ4v) is 4.30. The number of rotatable bonds is 5. The summed E-state index contributed by atoms with van der Waals surface area (Å²) in [6.45, 7) is 3.92. The third-order valence-corrected chi connectivity index (χ3v) is 6.10. The molecule has 5 nitrogen and oxygen atoms in total. The molecule has 1 saturated heterocycles. The number of hydrogen-bond donors (Lipinski definition) is 2. The van der Waals surface area contributed by atoms with Crippen molar-refractivity contribution in [2.24, 2.45) is 11.8 Å². The predicted octanol–water partition coefficient (Wildman–Crippen LogP) is 4.30. The van der Waals surface area contributed by atoms with E-state index in [2.05, 4.69) is 10.6 Å². The van der Waals surface area contributed by atoms with Crippen LogP contribution in [0.15, 0.2) is 48.5 Å². The summed E-state index contributed by atoms with van der Waals surface area (Å²) >= 11 is 0. The number of likely N-dealkylation sites (tertiary alicyclic amines) is 1. The maximum absolute atomic E-state index is 14.0. The highest BCUT2D eigenvalue weighted by Crippen LogP contribution is 2.49. The van der Waals surface area contributed by atoms with Gasteiger partial charge in [0.05, 0.1) is 0 Å². The number of anilines is 1. The third kappa shape index (κ3) is 4.81. The van der Waals surface area contributed by atoms with Gasteiger partial charge in [0.15, 0.2) is 0 Å². The average molecular weight is 410 g/mol. The van der Waals surface area contributed by atoms with Gasteiger partial charge >= 0.3 is 6.03 Å². The maximum Gasteiger partial charge on any atom is 0.319 e.